The first-order valence-corrected chi connectivity index (χ1v) is 6.34. The van der Waals surface area contributed by atoms with Crippen LogP contribution in [-0.2, 0) is 9.53 Å². The molecule has 1 aromatic heterocycles. The Kier molecular flexibility index (Phi) is 4.12. The van der Waals surface area contributed by atoms with Gasteiger partial charge in [-0.1, -0.05) is 0 Å². The molecule has 0 amide bonds. The number of aryl methyl sites for hydroxylation is 1. The molecule has 0 spiro atoms. The molecule has 0 N–H and O–H groups in total. The van der Waals surface area contributed by atoms with Crippen LogP contribution in [0.3, 0.4) is 0 Å². The molecule has 1 unspecified atom stereocenters. The van der Waals surface area contributed by atoms with E-state index in [2.05, 4.69) is 14.9 Å². The third kappa shape index (κ3) is 2.97. The number of esters is 1. The Morgan fingerprint density at radius 1 is 1.56 bits per heavy atom. The first kappa shape index (κ1) is 12.8. The summed E-state index contributed by atoms with van der Waals surface area (Å²) < 4.78 is 4.76. The zero-order chi connectivity index (χ0) is 13.0. The van der Waals surface area contributed by atoms with E-state index in [4.69, 9.17) is 4.74 Å². The van der Waals surface area contributed by atoms with Gasteiger partial charge >= 0.3 is 5.97 Å². The van der Waals surface area contributed by atoms with Gasteiger partial charge in [0.25, 0.3) is 0 Å². The largest absolute Gasteiger partial charge is 0.469 e. The molecule has 1 aromatic rings. The van der Waals surface area contributed by atoms with Gasteiger partial charge in [0.15, 0.2) is 0 Å². The molecular weight excluding hydrogens is 230 g/mol. The van der Waals surface area contributed by atoms with Crippen LogP contribution in [0.1, 0.15) is 31.5 Å². The molecule has 0 radical (unpaired) electrons. The quantitative estimate of drug-likeness (QED) is 0.763. The number of nitrogens with zero attached hydrogens (tertiary/aromatic N) is 3. The molecule has 1 aliphatic rings. The fourth-order valence-corrected chi connectivity index (χ4v) is 2.39. The molecule has 18 heavy (non-hydrogen) atoms. The van der Waals surface area contributed by atoms with Gasteiger partial charge in [-0.3, -0.25) is 4.79 Å². The first-order valence-electron chi connectivity index (χ1n) is 6.34. The summed E-state index contributed by atoms with van der Waals surface area (Å²) >= 11 is 0. The van der Waals surface area contributed by atoms with Gasteiger partial charge < -0.3 is 9.64 Å². The van der Waals surface area contributed by atoms with Gasteiger partial charge in [-0.15, -0.1) is 0 Å². The van der Waals surface area contributed by atoms with Gasteiger partial charge in [-0.25, -0.2) is 9.97 Å². The number of methoxy groups -OCH3 is 1. The zero-order valence-corrected chi connectivity index (χ0v) is 10.9. The number of rotatable bonds is 3. The van der Waals surface area contributed by atoms with Gasteiger partial charge in [0.05, 0.1) is 13.5 Å². The lowest BCUT2D eigenvalue weighted by atomic mass is 9.99. The van der Waals surface area contributed by atoms with E-state index >= 15 is 0 Å². The van der Waals surface area contributed by atoms with Crippen LogP contribution >= 0.6 is 0 Å². The molecule has 2 heterocycles. The second-order valence-electron chi connectivity index (χ2n) is 4.59. The number of anilines is 1. The highest BCUT2D eigenvalue weighted by Crippen LogP contribution is 2.25. The molecule has 5 nitrogen and oxygen atoms in total. The van der Waals surface area contributed by atoms with Crippen LogP contribution in [0.25, 0.3) is 0 Å². The van der Waals surface area contributed by atoms with E-state index in [9.17, 15) is 4.79 Å². The van der Waals surface area contributed by atoms with E-state index in [1.165, 1.54) is 7.11 Å². The number of hydrogen-bond donors (Lipinski definition) is 0. The Morgan fingerprint density at radius 2 is 2.39 bits per heavy atom. The molecule has 2 rings (SSSR count). The van der Waals surface area contributed by atoms with E-state index < -0.39 is 0 Å². The Bertz CT molecular complexity index is 422. The molecule has 1 saturated heterocycles. The van der Waals surface area contributed by atoms with Crippen molar-refractivity contribution in [2.45, 2.75) is 38.6 Å². The van der Waals surface area contributed by atoms with E-state index in [1.807, 2.05) is 13.0 Å². The smallest absolute Gasteiger partial charge is 0.307 e. The molecule has 0 saturated carbocycles. The normalized spacial score (nSPS) is 19.7. The lowest BCUT2D eigenvalue weighted by molar-refractivity contribution is -0.141. The van der Waals surface area contributed by atoms with Crippen LogP contribution in [-0.4, -0.2) is 35.6 Å². The van der Waals surface area contributed by atoms with Crippen LogP contribution in [0, 0.1) is 6.92 Å². The average Bonchev–Trinajstić information content (AvgIpc) is 2.39. The second-order valence-corrected chi connectivity index (χ2v) is 4.59. The van der Waals surface area contributed by atoms with Gasteiger partial charge in [-0.05, 0) is 32.3 Å². The zero-order valence-electron chi connectivity index (χ0n) is 10.9. The summed E-state index contributed by atoms with van der Waals surface area (Å²) in [5, 5.41) is 0. The number of piperidine rings is 1. The summed E-state index contributed by atoms with van der Waals surface area (Å²) in [5.74, 6) is 1.52. The van der Waals surface area contributed by atoms with Gasteiger partial charge in [0, 0.05) is 18.8 Å². The summed E-state index contributed by atoms with van der Waals surface area (Å²) in [6, 6.07) is 2.10. The number of carbonyl (C=O) groups excluding carboxylic acids is 1. The Morgan fingerprint density at radius 3 is 3.11 bits per heavy atom. The molecule has 0 aliphatic carbocycles. The van der Waals surface area contributed by atoms with Crippen LogP contribution in [0.4, 0.5) is 5.82 Å². The lowest BCUT2D eigenvalue weighted by Gasteiger charge is -2.36. The molecule has 0 aromatic carbocycles. The van der Waals surface area contributed by atoms with E-state index in [0.29, 0.717) is 6.42 Å². The van der Waals surface area contributed by atoms with Crippen LogP contribution < -0.4 is 4.90 Å². The van der Waals surface area contributed by atoms with Crippen molar-refractivity contribution < 1.29 is 9.53 Å². The molecule has 0 bridgehead atoms. The fraction of sp³-hybridized carbons (Fsp3) is 0.615. The first-order chi connectivity index (χ1) is 8.70. The molecular formula is C13H19N3O2. The number of hydrogen-bond acceptors (Lipinski definition) is 5. The van der Waals surface area contributed by atoms with E-state index in [1.54, 1.807) is 6.20 Å². The minimum atomic E-state index is -0.155. The van der Waals surface area contributed by atoms with Gasteiger partial charge in [0.1, 0.15) is 11.6 Å². The molecule has 1 atom stereocenters. The maximum absolute atomic E-state index is 11.4. The standard InChI is InChI=1S/C13H19N3O2/c1-10-14-7-6-12(15-10)16-8-4-3-5-11(16)9-13(17)18-2/h6-7,11H,3-5,8-9H2,1-2H3. The Balaban J connectivity index is 2.14. The highest BCUT2D eigenvalue weighted by atomic mass is 16.5. The minimum Gasteiger partial charge on any atom is -0.469 e. The third-order valence-electron chi connectivity index (χ3n) is 3.31. The van der Waals surface area contributed by atoms with Crippen LogP contribution in [0.2, 0.25) is 0 Å². The topological polar surface area (TPSA) is 55.3 Å². The van der Waals surface area contributed by atoms with E-state index in [-0.39, 0.29) is 12.0 Å². The van der Waals surface area contributed by atoms with Crippen molar-refractivity contribution in [1.82, 2.24) is 9.97 Å². The van der Waals surface area contributed by atoms with Gasteiger partial charge in [-0.2, -0.15) is 0 Å². The highest BCUT2D eigenvalue weighted by Gasteiger charge is 2.26. The highest BCUT2D eigenvalue weighted by molar-refractivity contribution is 5.70. The minimum absolute atomic E-state index is 0.155. The maximum atomic E-state index is 11.4. The predicted octanol–water partition coefficient (Wildman–Crippen LogP) is 1.71. The molecule has 1 aliphatic heterocycles. The number of aromatic nitrogens is 2. The summed E-state index contributed by atoms with van der Waals surface area (Å²) in [6.45, 7) is 2.82. The Labute approximate surface area is 107 Å². The van der Waals surface area contributed by atoms with Crippen molar-refractivity contribution in [2.75, 3.05) is 18.6 Å². The van der Waals surface area contributed by atoms with Crippen LogP contribution in [0.5, 0.6) is 0 Å². The summed E-state index contributed by atoms with van der Waals surface area (Å²) in [6.07, 6.45) is 5.50. The average molecular weight is 249 g/mol. The maximum Gasteiger partial charge on any atom is 0.307 e. The van der Waals surface area contributed by atoms with Crippen molar-refractivity contribution in [3.63, 3.8) is 0 Å². The monoisotopic (exact) mass is 249 g/mol. The SMILES string of the molecule is COC(=O)CC1CCCCN1c1ccnc(C)n1. The van der Waals surface area contributed by atoms with Gasteiger partial charge in [0.2, 0.25) is 0 Å². The van der Waals surface area contributed by atoms with Crippen molar-refractivity contribution in [3.05, 3.63) is 18.1 Å². The molecule has 5 heteroatoms. The van der Waals surface area contributed by atoms with Crippen LogP contribution in [0.15, 0.2) is 12.3 Å². The molecule has 1 fully saturated rings. The van der Waals surface area contributed by atoms with E-state index in [0.717, 1.165) is 37.4 Å². The Hall–Kier alpha value is -1.65. The predicted molar refractivity (Wildman–Crippen MR) is 68.4 cm³/mol. The third-order valence-corrected chi connectivity index (χ3v) is 3.31. The summed E-state index contributed by atoms with van der Waals surface area (Å²) in [5.41, 5.74) is 0. The van der Waals surface area contributed by atoms with Crippen molar-refractivity contribution >= 4 is 11.8 Å². The number of carbonyl (C=O) groups is 1. The van der Waals surface area contributed by atoms with Crippen molar-refractivity contribution in [1.29, 1.82) is 0 Å². The molecule has 98 valence electrons. The van der Waals surface area contributed by atoms with Crippen molar-refractivity contribution in [3.8, 4) is 0 Å². The van der Waals surface area contributed by atoms with Crippen molar-refractivity contribution in [2.24, 2.45) is 0 Å². The number of ether oxygens (including phenoxy) is 1. The summed E-state index contributed by atoms with van der Waals surface area (Å²) in [4.78, 5) is 22.2. The lowest BCUT2D eigenvalue weighted by Crippen LogP contribution is -2.41. The fourth-order valence-electron chi connectivity index (χ4n) is 2.39. The second kappa shape index (κ2) is 5.80. The summed E-state index contributed by atoms with van der Waals surface area (Å²) in [7, 11) is 1.43.